The summed E-state index contributed by atoms with van der Waals surface area (Å²) in [5.74, 6) is -0.960. The molecule has 1 saturated carbocycles. The second kappa shape index (κ2) is 9.10. The van der Waals surface area contributed by atoms with Gasteiger partial charge in [-0.3, -0.25) is 9.78 Å². The molecular weight excluding hydrogens is 530 g/mol. The zero-order valence-electron chi connectivity index (χ0n) is 21.8. The topological polar surface area (TPSA) is 110 Å². The average Bonchev–Trinajstić information content (AvgIpc) is 3.12. The van der Waals surface area contributed by atoms with Crippen molar-refractivity contribution in [1.82, 2.24) is 29.6 Å². The van der Waals surface area contributed by atoms with Crippen molar-refractivity contribution in [3.8, 4) is 5.69 Å². The van der Waals surface area contributed by atoms with E-state index in [4.69, 9.17) is 0 Å². The zero-order valence-corrected chi connectivity index (χ0v) is 21.8. The first-order chi connectivity index (χ1) is 18.8. The largest absolute Gasteiger partial charge is 0.408 e. The smallest absolute Gasteiger partial charge is 0.384 e. The maximum absolute atomic E-state index is 15.2. The first kappa shape index (κ1) is 26.4. The van der Waals surface area contributed by atoms with Crippen LogP contribution in [0.5, 0.6) is 0 Å². The molecule has 0 saturated heterocycles. The third-order valence-electron chi connectivity index (χ3n) is 7.70. The Labute approximate surface area is 225 Å². The van der Waals surface area contributed by atoms with Crippen molar-refractivity contribution in [2.75, 3.05) is 11.9 Å². The van der Waals surface area contributed by atoms with Crippen molar-refractivity contribution >= 4 is 22.7 Å². The predicted octanol–water partition coefficient (Wildman–Crippen LogP) is 4.17. The molecule has 0 unspecified atom stereocenters. The highest BCUT2D eigenvalue weighted by molar-refractivity contribution is 5.77. The quantitative estimate of drug-likeness (QED) is 0.316. The zero-order chi connectivity index (χ0) is 28.4. The molecule has 6 rings (SSSR count). The number of nitrogens with zero attached hydrogens (tertiary/aromatic N) is 5. The van der Waals surface area contributed by atoms with E-state index in [0.29, 0.717) is 29.8 Å². The molecule has 13 heteroatoms. The molecule has 4 heterocycles. The van der Waals surface area contributed by atoms with Crippen LogP contribution in [0.15, 0.2) is 41.5 Å². The predicted molar refractivity (Wildman–Crippen MR) is 139 cm³/mol. The van der Waals surface area contributed by atoms with Crippen LogP contribution in [0.3, 0.4) is 0 Å². The maximum Gasteiger partial charge on any atom is 0.408 e. The number of halogens is 4. The summed E-state index contributed by atoms with van der Waals surface area (Å²) in [6.45, 7) is 4.11. The van der Waals surface area contributed by atoms with Crippen molar-refractivity contribution in [3.63, 3.8) is 0 Å². The fourth-order valence-corrected chi connectivity index (χ4v) is 5.47. The highest BCUT2D eigenvalue weighted by Crippen LogP contribution is 2.41. The van der Waals surface area contributed by atoms with Crippen LogP contribution in [0.4, 0.5) is 29.2 Å². The minimum Gasteiger partial charge on any atom is -0.384 e. The number of anilines is 2. The molecule has 0 radical (unpaired) electrons. The van der Waals surface area contributed by atoms with Crippen LogP contribution in [0.2, 0.25) is 0 Å². The van der Waals surface area contributed by atoms with Crippen LogP contribution in [0, 0.1) is 5.82 Å². The summed E-state index contributed by atoms with van der Waals surface area (Å²) in [7, 11) is 0. The molecule has 0 bridgehead atoms. The van der Waals surface area contributed by atoms with Gasteiger partial charge in [-0.15, -0.1) is 0 Å². The lowest BCUT2D eigenvalue weighted by molar-refractivity contribution is -0.144. The molecule has 1 fully saturated rings. The van der Waals surface area contributed by atoms with E-state index in [1.807, 2.05) is 18.2 Å². The molecule has 210 valence electrons. The van der Waals surface area contributed by atoms with Gasteiger partial charge in [0.2, 0.25) is 5.95 Å². The van der Waals surface area contributed by atoms with Gasteiger partial charge in [-0.25, -0.2) is 18.7 Å². The molecule has 40 heavy (non-hydrogen) atoms. The lowest BCUT2D eigenvalue weighted by Gasteiger charge is -2.36. The van der Waals surface area contributed by atoms with Crippen molar-refractivity contribution < 1.29 is 22.7 Å². The van der Waals surface area contributed by atoms with Gasteiger partial charge in [-0.2, -0.15) is 18.2 Å². The minimum atomic E-state index is -4.78. The van der Waals surface area contributed by atoms with E-state index < -0.39 is 29.7 Å². The van der Waals surface area contributed by atoms with Crippen LogP contribution in [-0.4, -0.2) is 42.1 Å². The summed E-state index contributed by atoms with van der Waals surface area (Å²) < 4.78 is 57.0. The van der Waals surface area contributed by atoms with Crippen molar-refractivity contribution in [1.29, 1.82) is 0 Å². The molecule has 1 aliphatic heterocycles. The van der Waals surface area contributed by atoms with Gasteiger partial charge < -0.3 is 15.7 Å². The molecule has 4 aromatic rings. The molecule has 0 amide bonds. The lowest BCUT2D eigenvalue weighted by atomic mass is 9.77. The normalized spacial score (nSPS) is 17.9. The molecule has 3 aromatic heterocycles. The first-order valence-electron chi connectivity index (χ1n) is 12.9. The van der Waals surface area contributed by atoms with E-state index in [1.54, 1.807) is 0 Å². The number of aromatic nitrogens is 5. The van der Waals surface area contributed by atoms with Gasteiger partial charge in [0.15, 0.2) is 11.5 Å². The monoisotopic (exact) mass is 557 g/mol. The average molecular weight is 558 g/mol. The minimum absolute atomic E-state index is 0.0145. The van der Waals surface area contributed by atoms with Gasteiger partial charge in [0, 0.05) is 30.4 Å². The summed E-state index contributed by atoms with van der Waals surface area (Å²) in [4.78, 5) is 25.6. The fraction of sp³-hybridized carbons (Fsp3) is 0.407. The Morgan fingerprint density at radius 3 is 2.62 bits per heavy atom. The Morgan fingerprint density at radius 1 is 1.15 bits per heavy atom. The maximum atomic E-state index is 15.2. The number of alkyl halides is 3. The second-order valence-corrected chi connectivity index (χ2v) is 11.1. The highest BCUT2D eigenvalue weighted by atomic mass is 19.4. The van der Waals surface area contributed by atoms with E-state index in [9.17, 15) is 23.1 Å². The van der Waals surface area contributed by atoms with Gasteiger partial charge in [0.05, 0.1) is 11.9 Å². The molecular formula is C27H27F4N7O2. The first-order valence-corrected chi connectivity index (χ1v) is 12.9. The molecule has 0 atom stereocenters. The Bertz CT molecular complexity index is 1690. The fourth-order valence-electron chi connectivity index (χ4n) is 5.47. The molecule has 3 N–H and O–H groups in total. The highest BCUT2D eigenvalue weighted by Gasteiger charge is 2.39. The van der Waals surface area contributed by atoms with E-state index in [-0.39, 0.29) is 33.8 Å². The van der Waals surface area contributed by atoms with Gasteiger partial charge >= 0.3 is 6.18 Å². The van der Waals surface area contributed by atoms with E-state index in [2.05, 4.69) is 39.4 Å². The number of hydrogen-bond donors (Lipinski definition) is 3. The summed E-state index contributed by atoms with van der Waals surface area (Å²) in [6, 6.07) is 6.97. The molecule has 2 aliphatic rings. The van der Waals surface area contributed by atoms with E-state index in [0.717, 1.165) is 35.6 Å². The van der Waals surface area contributed by atoms with Crippen LogP contribution in [0.1, 0.15) is 49.9 Å². The van der Waals surface area contributed by atoms with Gasteiger partial charge in [0.25, 0.3) is 5.56 Å². The molecule has 1 aliphatic carbocycles. The van der Waals surface area contributed by atoms with Crippen LogP contribution in [0.25, 0.3) is 16.7 Å². The van der Waals surface area contributed by atoms with E-state index >= 15 is 4.39 Å². The Kier molecular flexibility index (Phi) is 6.00. The summed E-state index contributed by atoms with van der Waals surface area (Å²) >= 11 is 0. The third kappa shape index (κ3) is 4.52. The van der Waals surface area contributed by atoms with Gasteiger partial charge in [-0.05, 0) is 48.6 Å². The molecule has 9 nitrogen and oxygen atoms in total. The third-order valence-corrected chi connectivity index (χ3v) is 7.70. The summed E-state index contributed by atoms with van der Waals surface area (Å²) in [5, 5.41) is 17.0. The number of rotatable bonds is 5. The number of benzene rings is 1. The molecule has 1 aromatic carbocycles. The number of aliphatic hydroxyl groups is 1. The molecule has 0 spiro atoms. The van der Waals surface area contributed by atoms with E-state index in [1.165, 1.54) is 11.6 Å². The van der Waals surface area contributed by atoms with Crippen molar-refractivity contribution in [2.24, 2.45) is 0 Å². The number of pyridine rings is 1. The standard InChI is InChI=1S/C27H27F4N7O2/c1-25(2)13-32-10-15-8-16(4-5-18(15)25)35-24-34-11-17-22(36-24)38(37(23(17)39)14-27(29,30)31)20-9-21(33-12-19(20)28)26(40)6-3-7-26/h4-5,8-9,11-12,32,40H,3,6-7,10,13-14H2,1-2H3,(H,34,35,36). The van der Waals surface area contributed by atoms with Crippen LogP contribution < -0.4 is 16.2 Å². The number of nitrogens with one attached hydrogen (secondary N) is 2. The van der Waals surface area contributed by atoms with Crippen molar-refractivity contribution in [2.45, 2.75) is 63.4 Å². The lowest BCUT2D eigenvalue weighted by Crippen LogP contribution is -2.38. The van der Waals surface area contributed by atoms with Crippen LogP contribution in [-0.2, 0) is 24.1 Å². The Balaban J connectivity index is 1.48. The number of hydrogen-bond acceptors (Lipinski definition) is 7. The summed E-state index contributed by atoms with van der Waals surface area (Å²) in [5.41, 5.74) is 0.0432. The summed E-state index contributed by atoms with van der Waals surface area (Å²) in [6.07, 6.45) is -1.33. The van der Waals surface area contributed by atoms with Gasteiger partial charge in [0.1, 0.15) is 23.2 Å². The van der Waals surface area contributed by atoms with Gasteiger partial charge in [-0.1, -0.05) is 19.9 Å². The second-order valence-electron chi connectivity index (χ2n) is 11.1. The Morgan fingerprint density at radius 2 is 1.93 bits per heavy atom. The Hall–Kier alpha value is -3.84. The number of fused-ring (bicyclic) bond motifs is 2. The van der Waals surface area contributed by atoms with Crippen molar-refractivity contribution in [3.05, 3.63) is 69.7 Å². The SMILES string of the molecule is CC1(C)CNCc2cc(Nc3ncc4c(=O)n(CC(F)(F)F)n(-c5cc(C6(O)CCC6)ncc5F)c4n3)ccc21. The van der Waals surface area contributed by atoms with Crippen LogP contribution >= 0.6 is 0 Å².